The first-order valence-electron chi connectivity index (χ1n) is 6.98. The fourth-order valence-corrected chi connectivity index (χ4v) is 2.42. The number of nitrogens with zero attached hydrogens (tertiary/aromatic N) is 1. The van der Waals surface area contributed by atoms with Gasteiger partial charge in [0.15, 0.2) is 5.82 Å². The summed E-state index contributed by atoms with van der Waals surface area (Å²) in [6.45, 7) is 0. The standard InChI is InChI=1S/C17H9ClF4N2O/c18-13(7-9-1-4-11(19)5-2-9)15-23-14-8-10(17(20,21)22)3-6-12(14)16(25)24-15/h1-8H,(H,23,24,25)/b13-7-. The van der Waals surface area contributed by atoms with E-state index < -0.39 is 23.1 Å². The van der Waals surface area contributed by atoms with E-state index in [4.69, 9.17) is 11.6 Å². The van der Waals surface area contributed by atoms with Crippen molar-refractivity contribution < 1.29 is 17.6 Å². The lowest BCUT2D eigenvalue weighted by Gasteiger charge is -2.08. The van der Waals surface area contributed by atoms with E-state index in [2.05, 4.69) is 9.97 Å². The zero-order valence-electron chi connectivity index (χ0n) is 12.4. The van der Waals surface area contributed by atoms with Crippen molar-refractivity contribution in [3.8, 4) is 0 Å². The van der Waals surface area contributed by atoms with Crippen LogP contribution in [0.2, 0.25) is 0 Å². The van der Waals surface area contributed by atoms with Crippen molar-refractivity contribution in [3.05, 3.63) is 75.6 Å². The van der Waals surface area contributed by atoms with Gasteiger partial charge < -0.3 is 4.98 Å². The van der Waals surface area contributed by atoms with E-state index in [1.807, 2.05) is 0 Å². The summed E-state index contributed by atoms with van der Waals surface area (Å²) in [5.74, 6) is -0.506. The van der Waals surface area contributed by atoms with Crippen LogP contribution in [0.4, 0.5) is 17.6 Å². The summed E-state index contributed by atoms with van der Waals surface area (Å²) in [7, 11) is 0. The summed E-state index contributed by atoms with van der Waals surface area (Å²) in [6, 6.07) is 8.03. The number of benzene rings is 2. The molecule has 0 aliphatic carbocycles. The van der Waals surface area contributed by atoms with Crippen molar-refractivity contribution in [2.75, 3.05) is 0 Å². The van der Waals surface area contributed by atoms with Crippen molar-refractivity contribution in [3.63, 3.8) is 0 Å². The highest BCUT2D eigenvalue weighted by molar-refractivity contribution is 6.50. The summed E-state index contributed by atoms with van der Waals surface area (Å²) < 4.78 is 51.3. The molecule has 0 unspecified atom stereocenters. The summed E-state index contributed by atoms with van der Waals surface area (Å²) in [6.07, 6.45) is -3.13. The molecule has 0 aliphatic rings. The van der Waals surface area contributed by atoms with Crippen LogP contribution in [0.1, 0.15) is 17.0 Å². The molecule has 0 radical (unpaired) electrons. The Hall–Kier alpha value is -2.67. The van der Waals surface area contributed by atoms with E-state index >= 15 is 0 Å². The van der Waals surface area contributed by atoms with E-state index in [1.165, 1.54) is 30.3 Å². The largest absolute Gasteiger partial charge is 0.416 e. The first-order valence-corrected chi connectivity index (χ1v) is 7.36. The van der Waals surface area contributed by atoms with Crippen LogP contribution < -0.4 is 5.56 Å². The normalized spacial score (nSPS) is 12.6. The minimum absolute atomic E-state index is 0.00280. The van der Waals surface area contributed by atoms with Gasteiger partial charge in [0, 0.05) is 0 Å². The Balaban J connectivity index is 2.10. The second-order valence-corrected chi connectivity index (χ2v) is 5.60. The van der Waals surface area contributed by atoms with E-state index in [0.717, 1.165) is 18.2 Å². The quantitative estimate of drug-likeness (QED) is 0.659. The molecule has 0 fully saturated rings. The van der Waals surface area contributed by atoms with Crippen LogP contribution in [0.5, 0.6) is 0 Å². The Labute approximate surface area is 143 Å². The van der Waals surface area contributed by atoms with Crippen LogP contribution in [0.3, 0.4) is 0 Å². The molecule has 0 bridgehead atoms. The van der Waals surface area contributed by atoms with Gasteiger partial charge >= 0.3 is 6.18 Å². The number of H-pyrrole nitrogens is 1. The minimum Gasteiger partial charge on any atom is -0.305 e. The minimum atomic E-state index is -4.55. The molecule has 0 aliphatic heterocycles. The van der Waals surface area contributed by atoms with Gasteiger partial charge in [-0.05, 0) is 42.0 Å². The number of fused-ring (bicyclic) bond motifs is 1. The van der Waals surface area contributed by atoms with Crippen LogP contribution in [0.15, 0.2) is 47.3 Å². The molecule has 1 N–H and O–H groups in total. The van der Waals surface area contributed by atoms with Gasteiger partial charge in [0.05, 0.1) is 21.5 Å². The lowest BCUT2D eigenvalue weighted by molar-refractivity contribution is -0.137. The molecule has 3 nitrogen and oxygen atoms in total. The zero-order valence-corrected chi connectivity index (χ0v) is 13.1. The SMILES string of the molecule is O=c1[nH]c(/C(Cl)=C/c2ccc(F)cc2)nc2cc(C(F)(F)F)ccc12. The zero-order chi connectivity index (χ0) is 18.2. The molecule has 0 spiro atoms. The number of alkyl halides is 3. The third kappa shape index (κ3) is 3.71. The highest BCUT2D eigenvalue weighted by atomic mass is 35.5. The van der Waals surface area contributed by atoms with Gasteiger partial charge in [-0.3, -0.25) is 4.79 Å². The first kappa shape index (κ1) is 17.2. The maximum atomic E-state index is 12.9. The van der Waals surface area contributed by atoms with Gasteiger partial charge in [-0.25, -0.2) is 9.37 Å². The van der Waals surface area contributed by atoms with Gasteiger partial charge in [0.25, 0.3) is 5.56 Å². The summed E-state index contributed by atoms with van der Waals surface area (Å²) >= 11 is 6.10. The molecule has 128 valence electrons. The molecular weight excluding hydrogens is 360 g/mol. The van der Waals surface area contributed by atoms with Crippen molar-refractivity contribution in [2.24, 2.45) is 0 Å². The maximum Gasteiger partial charge on any atom is 0.416 e. The topological polar surface area (TPSA) is 45.8 Å². The molecule has 0 atom stereocenters. The monoisotopic (exact) mass is 368 g/mol. The fourth-order valence-electron chi connectivity index (χ4n) is 2.20. The number of nitrogens with one attached hydrogen (secondary N) is 1. The fraction of sp³-hybridized carbons (Fsp3) is 0.0588. The molecule has 3 rings (SSSR count). The smallest absolute Gasteiger partial charge is 0.305 e. The van der Waals surface area contributed by atoms with E-state index in [-0.39, 0.29) is 21.8 Å². The summed E-state index contributed by atoms with van der Waals surface area (Å²) in [5, 5.41) is 0.0195. The van der Waals surface area contributed by atoms with Gasteiger partial charge in [-0.1, -0.05) is 23.7 Å². The number of hydrogen-bond acceptors (Lipinski definition) is 2. The second kappa shape index (κ2) is 6.33. The maximum absolute atomic E-state index is 12.9. The average Bonchev–Trinajstić information content (AvgIpc) is 2.55. The number of halogens is 5. The molecule has 0 saturated heterocycles. The molecule has 2 aromatic carbocycles. The van der Waals surface area contributed by atoms with Gasteiger partial charge in [0.1, 0.15) is 5.82 Å². The van der Waals surface area contributed by atoms with Gasteiger partial charge in [-0.2, -0.15) is 13.2 Å². The van der Waals surface area contributed by atoms with Gasteiger partial charge in [0.2, 0.25) is 0 Å². The van der Waals surface area contributed by atoms with Crippen molar-refractivity contribution in [2.45, 2.75) is 6.18 Å². The molecule has 1 aromatic heterocycles. The molecular formula is C17H9ClF4N2O. The van der Waals surface area contributed by atoms with Crippen LogP contribution >= 0.6 is 11.6 Å². The Morgan fingerprint density at radius 3 is 2.44 bits per heavy atom. The third-order valence-electron chi connectivity index (χ3n) is 3.42. The Morgan fingerprint density at radius 1 is 1.12 bits per heavy atom. The second-order valence-electron chi connectivity index (χ2n) is 5.19. The predicted octanol–water partition coefficient (Wildman–Crippen LogP) is 4.82. The van der Waals surface area contributed by atoms with Crippen molar-refractivity contribution in [1.82, 2.24) is 9.97 Å². The van der Waals surface area contributed by atoms with Gasteiger partial charge in [-0.15, -0.1) is 0 Å². The van der Waals surface area contributed by atoms with Crippen LogP contribution in [-0.2, 0) is 6.18 Å². The number of aromatic nitrogens is 2. The Bertz CT molecular complexity index is 1020. The Kier molecular flexibility index (Phi) is 4.34. The summed E-state index contributed by atoms with van der Waals surface area (Å²) in [4.78, 5) is 18.5. The van der Waals surface area contributed by atoms with Crippen molar-refractivity contribution in [1.29, 1.82) is 0 Å². The molecule has 3 aromatic rings. The predicted molar refractivity (Wildman–Crippen MR) is 87.5 cm³/mol. The van der Waals surface area contributed by atoms with E-state index in [1.54, 1.807) is 0 Å². The van der Waals surface area contributed by atoms with E-state index in [0.29, 0.717) is 5.56 Å². The van der Waals surface area contributed by atoms with Crippen LogP contribution in [0, 0.1) is 5.82 Å². The highest BCUT2D eigenvalue weighted by Crippen LogP contribution is 2.30. The third-order valence-corrected chi connectivity index (χ3v) is 3.71. The molecule has 0 amide bonds. The Morgan fingerprint density at radius 2 is 1.80 bits per heavy atom. The van der Waals surface area contributed by atoms with Crippen LogP contribution in [0.25, 0.3) is 22.0 Å². The van der Waals surface area contributed by atoms with E-state index in [9.17, 15) is 22.4 Å². The molecule has 8 heteroatoms. The number of aromatic amines is 1. The number of hydrogen-bond donors (Lipinski definition) is 1. The molecule has 1 heterocycles. The molecule has 25 heavy (non-hydrogen) atoms. The average molecular weight is 369 g/mol. The highest BCUT2D eigenvalue weighted by Gasteiger charge is 2.30. The van der Waals surface area contributed by atoms with Crippen molar-refractivity contribution >= 4 is 33.6 Å². The number of rotatable bonds is 2. The first-order chi connectivity index (χ1) is 11.7. The summed E-state index contributed by atoms with van der Waals surface area (Å²) in [5.41, 5.74) is -1.11. The van der Waals surface area contributed by atoms with Crippen LogP contribution in [-0.4, -0.2) is 9.97 Å². The molecule has 0 saturated carbocycles. The lowest BCUT2D eigenvalue weighted by Crippen LogP contribution is -2.12. The lowest BCUT2D eigenvalue weighted by atomic mass is 10.1.